The molecule has 6 heteroatoms. The van der Waals surface area contributed by atoms with Gasteiger partial charge in [0.25, 0.3) is 5.17 Å². The summed E-state index contributed by atoms with van der Waals surface area (Å²) >= 11 is 5.52. The lowest BCUT2D eigenvalue weighted by molar-refractivity contribution is 0.102. The topological polar surface area (TPSA) is 43.5 Å². The molecule has 3 atom stereocenters. The van der Waals surface area contributed by atoms with E-state index in [-0.39, 0.29) is 0 Å². The first kappa shape index (κ1) is 21.6. The average Bonchev–Trinajstić information content (AvgIpc) is 3.03. The molecular weight excluding hydrogens is 392 g/mol. The summed E-state index contributed by atoms with van der Waals surface area (Å²) < 4.78 is 5.81. The van der Waals surface area contributed by atoms with E-state index in [9.17, 15) is 0 Å². The van der Waals surface area contributed by atoms with Crippen LogP contribution in [0.2, 0.25) is 0 Å². The van der Waals surface area contributed by atoms with Gasteiger partial charge in [0.15, 0.2) is 0 Å². The Morgan fingerprint density at radius 2 is 2.20 bits per heavy atom. The van der Waals surface area contributed by atoms with Crippen LogP contribution in [0, 0.1) is 6.92 Å². The molecule has 0 radical (unpaired) electrons. The Morgan fingerprint density at radius 3 is 2.97 bits per heavy atom. The molecule has 2 N–H and O–H groups in total. The van der Waals surface area contributed by atoms with Crippen LogP contribution in [-0.4, -0.2) is 72.4 Å². The highest BCUT2D eigenvalue weighted by Gasteiger charge is 2.41. The second-order valence-corrected chi connectivity index (χ2v) is 9.61. The van der Waals surface area contributed by atoms with Crippen LogP contribution in [0.15, 0.2) is 18.2 Å². The van der Waals surface area contributed by atoms with Crippen molar-refractivity contribution in [1.82, 2.24) is 20.1 Å². The quantitative estimate of drug-likeness (QED) is 0.519. The molecule has 1 aromatic carbocycles. The highest BCUT2D eigenvalue weighted by atomic mass is 32.1. The van der Waals surface area contributed by atoms with E-state index in [4.69, 9.17) is 17.0 Å². The van der Waals surface area contributed by atoms with Gasteiger partial charge in [0, 0.05) is 47.7 Å². The fourth-order valence-corrected chi connectivity index (χ4v) is 5.72. The molecule has 1 aliphatic heterocycles. The first-order valence-corrected chi connectivity index (χ1v) is 11.8. The van der Waals surface area contributed by atoms with Gasteiger partial charge >= 0.3 is 0 Å². The summed E-state index contributed by atoms with van der Waals surface area (Å²) in [7, 11) is 4.17. The number of ether oxygens (including phenoxy) is 1. The summed E-state index contributed by atoms with van der Waals surface area (Å²) in [6.07, 6.45) is 4.41. The zero-order chi connectivity index (χ0) is 21.3. The first-order valence-electron chi connectivity index (χ1n) is 11.4. The lowest BCUT2D eigenvalue weighted by Gasteiger charge is -2.47. The van der Waals surface area contributed by atoms with Crippen LogP contribution in [0.1, 0.15) is 48.9 Å². The molecule has 0 amide bonds. The molecule has 1 aromatic heterocycles. The molecule has 1 saturated heterocycles. The van der Waals surface area contributed by atoms with Crippen LogP contribution in [0.3, 0.4) is 0 Å². The van der Waals surface area contributed by atoms with E-state index in [1.165, 1.54) is 34.1 Å². The number of fused-ring (bicyclic) bond motifs is 2. The maximum atomic E-state index is 5.81. The van der Waals surface area contributed by atoms with Crippen LogP contribution in [0.4, 0.5) is 0 Å². The predicted octanol–water partition coefficient (Wildman–Crippen LogP) is 3.81. The summed E-state index contributed by atoms with van der Waals surface area (Å²) in [5.74, 6) is 0.533. The molecule has 30 heavy (non-hydrogen) atoms. The maximum absolute atomic E-state index is 5.81. The van der Waals surface area contributed by atoms with Crippen LogP contribution in [-0.2, 0) is 11.2 Å². The SMILES string of the molecule is CCCN1C[C@@H](NC(=S)OCCCN(C)C)C[C@@H]2c3cccc4[nH]c(C)c(c34)C[C@H]21. The fraction of sp³-hybridized carbons (Fsp3) is 0.625. The second kappa shape index (κ2) is 9.25. The summed E-state index contributed by atoms with van der Waals surface area (Å²) in [6, 6.07) is 7.67. The van der Waals surface area contributed by atoms with Crippen molar-refractivity contribution >= 4 is 28.3 Å². The van der Waals surface area contributed by atoms with E-state index in [1.807, 2.05) is 0 Å². The number of nitrogens with one attached hydrogen (secondary N) is 2. The number of H-pyrrole nitrogens is 1. The number of aromatic nitrogens is 1. The number of piperidine rings is 1. The number of aryl methyl sites for hydroxylation is 1. The van der Waals surface area contributed by atoms with E-state index in [0.29, 0.717) is 29.8 Å². The number of benzene rings is 1. The van der Waals surface area contributed by atoms with E-state index in [0.717, 1.165) is 38.9 Å². The Kier molecular flexibility index (Phi) is 6.66. The van der Waals surface area contributed by atoms with E-state index < -0.39 is 0 Å². The average molecular weight is 429 g/mol. The maximum Gasteiger partial charge on any atom is 0.256 e. The van der Waals surface area contributed by atoms with Crippen molar-refractivity contribution in [3.8, 4) is 0 Å². The van der Waals surface area contributed by atoms with Crippen molar-refractivity contribution < 1.29 is 4.74 Å². The van der Waals surface area contributed by atoms with Gasteiger partial charge in [-0.2, -0.15) is 0 Å². The molecule has 0 bridgehead atoms. The molecule has 1 aliphatic carbocycles. The smallest absolute Gasteiger partial charge is 0.256 e. The van der Waals surface area contributed by atoms with Gasteiger partial charge in [-0.25, -0.2) is 0 Å². The van der Waals surface area contributed by atoms with Crippen molar-refractivity contribution in [2.24, 2.45) is 0 Å². The van der Waals surface area contributed by atoms with Gasteiger partial charge in [-0.15, -0.1) is 0 Å². The lowest BCUT2D eigenvalue weighted by Crippen LogP contribution is -2.56. The van der Waals surface area contributed by atoms with E-state index >= 15 is 0 Å². The zero-order valence-corrected chi connectivity index (χ0v) is 19.6. The van der Waals surface area contributed by atoms with Crippen molar-refractivity contribution in [1.29, 1.82) is 0 Å². The van der Waals surface area contributed by atoms with Gasteiger partial charge in [-0.1, -0.05) is 19.1 Å². The third-order valence-electron chi connectivity index (χ3n) is 6.73. The monoisotopic (exact) mass is 428 g/mol. The highest BCUT2D eigenvalue weighted by Crippen LogP contribution is 2.44. The van der Waals surface area contributed by atoms with Crippen molar-refractivity contribution in [2.45, 2.75) is 57.5 Å². The summed E-state index contributed by atoms with van der Waals surface area (Å²) in [5, 5.41) is 5.56. The first-order chi connectivity index (χ1) is 14.5. The normalized spacial score (nSPS) is 23.6. The van der Waals surface area contributed by atoms with Gasteiger partial charge in [-0.3, -0.25) is 4.90 Å². The minimum atomic E-state index is 0.330. The van der Waals surface area contributed by atoms with Gasteiger partial charge in [0.05, 0.1) is 6.61 Å². The molecule has 0 saturated carbocycles. The number of likely N-dealkylation sites (tertiary alicyclic amines) is 1. The second-order valence-electron chi connectivity index (χ2n) is 9.24. The van der Waals surface area contributed by atoms with Gasteiger partial charge < -0.3 is 19.9 Å². The standard InChI is InChI=1S/C24H36N4OS/c1-5-10-28-15-17(26-24(30)29-12-7-11-27(3)4)13-20-18-8-6-9-21-23(18)19(14-22(20)28)16(2)25-21/h6,8-9,17,20,22,25H,5,7,10-15H2,1-4H3,(H,26,30)/t17-,20+,22+/m0/s1. The minimum absolute atomic E-state index is 0.330. The van der Waals surface area contributed by atoms with Crippen molar-refractivity contribution in [3.05, 3.63) is 35.0 Å². The van der Waals surface area contributed by atoms with E-state index in [1.54, 1.807) is 0 Å². The molecule has 1 fully saturated rings. The Morgan fingerprint density at radius 1 is 1.37 bits per heavy atom. The van der Waals surface area contributed by atoms with Crippen LogP contribution in [0.25, 0.3) is 10.9 Å². The number of hydrogen-bond donors (Lipinski definition) is 2. The Labute approximate surface area is 186 Å². The molecule has 4 rings (SSSR count). The molecule has 2 aromatic rings. The highest BCUT2D eigenvalue weighted by molar-refractivity contribution is 7.80. The number of hydrogen-bond acceptors (Lipinski definition) is 4. The number of aromatic amines is 1. The number of nitrogens with zero attached hydrogens (tertiary/aromatic N) is 2. The molecular formula is C24H36N4OS. The van der Waals surface area contributed by atoms with Gasteiger partial charge in [-0.05, 0) is 82.7 Å². The Balaban J connectivity index is 1.50. The lowest BCUT2D eigenvalue weighted by atomic mass is 9.73. The molecule has 5 nitrogen and oxygen atoms in total. The summed E-state index contributed by atoms with van der Waals surface area (Å²) in [4.78, 5) is 8.48. The molecule has 0 spiro atoms. The third kappa shape index (κ3) is 4.36. The largest absolute Gasteiger partial charge is 0.471 e. The number of thiocarbonyl (C=S) groups is 1. The fourth-order valence-electron chi connectivity index (χ4n) is 5.47. The molecule has 0 unspecified atom stereocenters. The summed E-state index contributed by atoms with van der Waals surface area (Å²) in [6.45, 7) is 8.36. The van der Waals surface area contributed by atoms with Crippen LogP contribution in [0.5, 0.6) is 0 Å². The van der Waals surface area contributed by atoms with Gasteiger partial charge in [0.1, 0.15) is 0 Å². The Bertz CT molecular complexity index is 893. The third-order valence-corrected chi connectivity index (χ3v) is 6.96. The van der Waals surface area contributed by atoms with Crippen molar-refractivity contribution in [2.75, 3.05) is 40.3 Å². The van der Waals surface area contributed by atoms with Crippen LogP contribution >= 0.6 is 12.2 Å². The molecule has 2 aliphatic rings. The predicted molar refractivity (Wildman–Crippen MR) is 128 cm³/mol. The molecule has 164 valence electrons. The zero-order valence-electron chi connectivity index (χ0n) is 18.8. The Hall–Kier alpha value is -1.63. The molecule has 2 heterocycles. The number of rotatable bonds is 7. The van der Waals surface area contributed by atoms with Gasteiger partial charge in [0.2, 0.25) is 0 Å². The van der Waals surface area contributed by atoms with E-state index in [2.05, 4.69) is 66.2 Å². The van der Waals surface area contributed by atoms with Crippen LogP contribution < -0.4 is 5.32 Å². The van der Waals surface area contributed by atoms with Crippen molar-refractivity contribution in [3.63, 3.8) is 0 Å². The summed E-state index contributed by atoms with van der Waals surface area (Å²) in [5.41, 5.74) is 5.65. The minimum Gasteiger partial charge on any atom is -0.471 e.